The van der Waals surface area contributed by atoms with Crippen molar-refractivity contribution in [1.82, 2.24) is 0 Å². The van der Waals surface area contributed by atoms with Crippen LogP contribution in [0.25, 0.3) is 0 Å². The monoisotopic (exact) mass is 337 g/mol. The molecule has 0 aliphatic carbocycles. The van der Waals surface area contributed by atoms with E-state index < -0.39 is 14.3 Å². The van der Waals surface area contributed by atoms with E-state index in [9.17, 15) is 4.79 Å². The van der Waals surface area contributed by atoms with Gasteiger partial charge >= 0.3 is 5.97 Å². The fraction of sp³-hybridized carbons (Fsp3) is 0.375. The number of hydrogen-bond acceptors (Lipinski definition) is 6. The largest absolute Gasteiger partial charge is 0.543 e. The van der Waals surface area contributed by atoms with Crippen molar-refractivity contribution < 1.29 is 23.5 Å². The summed E-state index contributed by atoms with van der Waals surface area (Å²) in [6, 6.07) is 7.21. The summed E-state index contributed by atoms with van der Waals surface area (Å²) >= 11 is 0. The van der Waals surface area contributed by atoms with Crippen molar-refractivity contribution >= 4 is 20.0 Å². The van der Waals surface area contributed by atoms with Crippen LogP contribution in [0.4, 0.5) is 0 Å². The molecule has 0 amide bonds. The molecule has 0 bridgehead atoms. The van der Waals surface area contributed by atoms with Crippen molar-refractivity contribution in [3.8, 4) is 5.75 Å². The molecule has 126 valence electrons. The third-order valence-corrected chi connectivity index (χ3v) is 3.46. The Bertz CT molecular complexity index is 575. The molecule has 0 atom stereocenters. The lowest BCUT2D eigenvalue weighted by Gasteiger charge is -2.20. The smallest absolute Gasteiger partial charge is 0.364 e. The Labute approximate surface area is 137 Å². The maximum atomic E-state index is 12.2. The fourth-order valence-electron chi connectivity index (χ4n) is 1.65. The average Bonchev–Trinajstić information content (AvgIpc) is 2.49. The van der Waals surface area contributed by atoms with Gasteiger partial charge in [-0.2, -0.15) is 0 Å². The summed E-state index contributed by atoms with van der Waals surface area (Å²) in [5.74, 6) is 0.246. The van der Waals surface area contributed by atoms with E-state index in [2.05, 4.69) is 16.6 Å². The highest BCUT2D eigenvalue weighted by atomic mass is 28.4. The Hall–Kier alpha value is -2.28. The van der Waals surface area contributed by atoms with E-state index in [4.69, 9.17) is 13.9 Å². The molecule has 0 heterocycles. The first kappa shape index (κ1) is 18.8. The maximum Gasteiger partial charge on any atom is 0.364 e. The molecule has 0 fully saturated rings. The number of methoxy groups -OCH3 is 1. The number of oxime groups is 1. The molecule has 0 aromatic heterocycles. The topological polar surface area (TPSA) is 66.4 Å². The van der Waals surface area contributed by atoms with Gasteiger partial charge in [0.15, 0.2) is 0 Å². The summed E-state index contributed by atoms with van der Waals surface area (Å²) in [5.41, 5.74) is 0.760. The quantitative estimate of drug-likeness (QED) is 0.240. The molecule has 23 heavy (non-hydrogen) atoms. The summed E-state index contributed by atoms with van der Waals surface area (Å²) in [6.07, 6.45) is 0. The second-order valence-corrected chi connectivity index (χ2v) is 10.1. The summed E-state index contributed by atoms with van der Waals surface area (Å²) in [4.78, 5) is 16.9. The lowest BCUT2D eigenvalue weighted by molar-refractivity contribution is -0.137. The Morgan fingerprint density at radius 1 is 1.17 bits per heavy atom. The van der Waals surface area contributed by atoms with E-state index in [1.807, 2.05) is 31.8 Å². The van der Waals surface area contributed by atoms with Gasteiger partial charge in [-0.3, -0.25) is 0 Å². The van der Waals surface area contributed by atoms with Gasteiger partial charge in [0, 0.05) is 0 Å². The van der Waals surface area contributed by atoms with Crippen LogP contribution in [0.2, 0.25) is 19.6 Å². The highest BCUT2D eigenvalue weighted by Crippen LogP contribution is 2.14. The number of carbonyl (C=O) groups is 1. The van der Waals surface area contributed by atoms with Gasteiger partial charge in [-0.1, -0.05) is 23.9 Å². The van der Waals surface area contributed by atoms with E-state index >= 15 is 0 Å². The number of carbonyl (C=O) groups excluding carboxylic acids is 1. The number of esters is 1. The summed E-state index contributed by atoms with van der Waals surface area (Å²) in [5, 5.41) is 3.67. The molecule has 0 spiro atoms. The zero-order valence-corrected chi connectivity index (χ0v) is 15.2. The van der Waals surface area contributed by atoms with E-state index in [1.54, 1.807) is 19.2 Å². The fourth-order valence-corrected chi connectivity index (χ4v) is 2.49. The molecule has 0 aliphatic rings. The molecular weight excluding hydrogens is 314 g/mol. The van der Waals surface area contributed by atoms with Gasteiger partial charge in [0.1, 0.15) is 25.2 Å². The van der Waals surface area contributed by atoms with Gasteiger partial charge in [-0.05, 0) is 37.3 Å². The minimum absolute atomic E-state index is 0.0663. The first-order valence-electron chi connectivity index (χ1n) is 7.06. The molecule has 7 heteroatoms. The Morgan fingerprint density at radius 2 is 1.78 bits per heavy atom. The molecule has 0 unspecified atom stereocenters. The zero-order chi connectivity index (χ0) is 17.5. The standard InChI is InChI=1S/C16H23NO5Si/c1-12(22-23(4,5)6)15(17-20-3)16(18)21-11-13-7-9-14(19-2)10-8-13/h7-10H,1,11H2,2-6H3. The van der Waals surface area contributed by atoms with Crippen molar-refractivity contribution in [2.45, 2.75) is 26.2 Å². The van der Waals surface area contributed by atoms with Crippen LogP contribution >= 0.6 is 0 Å². The first-order chi connectivity index (χ1) is 10.8. The normalized spacial score (nSPS) is 11.6. The second-order valence-electron chi connectivity index (χ2n) is 5.68. The predicted molar refractivity (Wildman–Crippen MR) is 90.8 cm³/mol. The number of ether oxygens (including phenoxy) is 2. The van der Waals surface area contributed by atoms with Crippen LogP contribution in [0, 0.1) is 0 Å². The van der Waals surface area contributed by atoms with E-state index in [1.165, 1.54) is 7.11 Å². The van der Waals surface area contributed by atoms with Gasteiger partial charge in [0.2, 0.25) is 14.0 Å². The number of nitrogens with zero attached hydrogens (tertiary/aromatic N) is 1. The maximum absolute atomic E-state index is 12.2. The van der Waals surface area contributed by atoms with Crippen molar-refractivity contribution in [3.05, 3.63) is 42.2 Å². The van der Waals surface area contributed by atoms with Gasteiger partial charge in [0.25, 0.3) is 0 Å². The van der Waals surface area contributed by atoms with Crippen LogP contribution in [0.3, 0.4) is 0 Å². The third-order valence-electron chi connectivity index (χ3n) is 2.60. The van der Waals surface area contributed by atoms with E-state index in [-0.39, 0.29) is 18.1 Å². The summed E-state index contributed by atoms with van der Waals surface area (Å²) in [7, 11) is 1.02. The average molecular weight is 337 g/mol. The number of benzene rings is 1. The van der Waals surface area contributed by atoms with Gasteiger partial charge in [-0.15, -0.1) is 0 Å². The Kier molecular flexibility index (Phi) is 6.83. The van der Waals surface area contributed by atoms with Crippen LogP contribution in [0.1, 0.15) is 5.56 Å². The number of rotatable bonds is 8. The van der Waals surface area contributed by atoms with Crippen molar-refractivity contribution in [1.29, 1.82) is 0 Å². The molecular formula is C16H23NO5Si. The van der Waals surface area contributed by atoms with Crippen molar-refractivity contribution in [3.63, 3.8) is 0 Å². The van der Waals surface area contributed by atoms with Crippen LogP contribution in [0.15, 0.2) is 41.8 Å². The Morgan fingerprint density at radius 3 is 2.26 bits per heavy atom. The molecule has 1 aromatic carbocycles. The number of hydrogen-bond donors (Lipinski definition) is 0. The van der Waals surface area contributed by atoms with Gasteiger partial charge in [-0.25, -0.2) is 4.79 Å². The molecule has 0 saturated heterocycles. The second kappa shape index (κ2) is 8.38. The highest BCUT2D eigenvalue weighted by molar-refractivity contribution is 6.70. The lowest BCUT2D eigenvalue weighted by Crippen LogP contribution is -2.30. The van der Waals surface area contributed by atoms with Crippen LogP contribution in [-0.2, 0) is 25.4 Å². The van der Waals surface area contributed by atoms with Crippen LogP contribution in [0.5, 0.6) is 5.75 Å². The SMILES string of the molecule is C=C(O[Si](C)(C)C)C(=NOC)C(=O)OCc1ccc(OC)cc1. The summed E-state index contributed by atoms with van der Waals surface area (Å²) in [6.45, 7) is 9.78. The lowest BCUT2D eigenvalue weighted by atomic mass is 10.2. The zero-order valence-electron chi connectivity index (χ0n) is 14.2. The van der Waals surface area contributed by atoms with Crippen LogP contribution < -0.4 is 4.74 Å². The summed E-state index contributed by atoms with van der Waals surface area (Å²) < 4.78 is 16.0. The van der Waals surface area contributed by atoms with Crippen molar-refractivity contribution in [2.24, 2.45) is 5.16 Å². The molecule has 0 radical (unpaired) electrons. The predicted octanol–water partition coefficient (Wildman–Crippen LogP) is 3.11. The molecule has 1 rings (SSSR count). The Balaban J connectivity index is 2.71. The minimum atomic E-state index is -1.91. The van der Waals surface area contributed by atoms with Gasteiger partial charge < -0.3 is 18.7 Å². The third kappa shape index (κ3) is 6.56. The van der Waals surface area contributed by atoms with E-state index in [0.29, 0.717) is 0 Å². The first-order valence-corrected chi connectivity index (χ1v) is 10.5. The van der Waals surface area contributed by atoms with Gasteiger partial charge in [0.05, 0.1) is 7.11 Å². The highest BCUT2D eigenvalue weighted by Gasteiger charge is 2.25. The molecule has 6 nitrogen and oxygen atoms in total. The minimum Gasteiger partial charge on any atom is -0.543 e. The van der Waals surface area contributed by atoms with Crippen LogP contribution in [-0.4, -0.2) is 34.2 Å². The van der Waals surface area contributed by atoms with Crippen molar-refractivity contribution in [2.75, 3.05) is 14.2 Å². The molecule has 0 N–H and O–H groups in total. The van der Waals surface area contributed by atoms with E-state index in [0.717, 1.165) is 11.3 Å². The molecule has 1 aromatic rings. The molecule has 0 saturated carbocycles. The molecule has 0 aliphatic heterocycles.